The van der Waals surface area contributed by atoms with E-state index in [0.29, 0.717) is 0 Å². The fraction of sp³-hybridized carbons (Fsp3) is 0.130. The van der Waals surface area contributed by atoms with Gasteiger partial charge in [-0.05, 0) is 69.8 Å². The summed E-state index contributed by atoms with van der Waals surface area (Å²) >= 11 is 0. The summed E-state index contributed by atoms with van der Waals surface area (Å²) in [5.41, 5.74) is 14.9. The minimum atomic E-state index is -0.0194. The third-order valence-electron chi connectivity index (χ3n) is 10.00. The Balaban J connectivity index is 0.00000374. The predicted octanol–water partition coefficient (Wildman–Crippen LogP) is 11.6. The average Bonchev–Trinajstić information content (AvgIpc) is 3.70. The van der Waals surface area contributed by atoms with Crippen molar-refractivity contribution in [2.24, 2.45) is 0 Å². The minimum Gasteiger partial charge on any atom is -0.656 e. The Kier molecular flexibility index (Phi) is 8.04. The number of imidazole rings is 1. The zero-order valence-electron chi connectivity index (χ0n) is 29.2. The van der Waals surface area contributed by atoms with Crippen molar-refractivity contribution in [3.63, 3.8) is 0 Å². The molecule has 0 bridgehead atoms. The molecule has 6 aromatic carbocycles. The number of nitrogens with zero attached hydrogens (tertiary/aromatic N) is 4. The van der Waals surface area contributed by atoms with Crippen LogP contribution in [0.1, 0.15) is 37.5 Å². The summed E-state index contributed by atoms with van der Waals surface area (Å²) in [5, 5.41) is 3.45. The summed E-state index contributed by atoms with van der Waals surface area (Å²) in [6, 6.07) is 46.8. The quantitative estimate of drug-likeness (QED) is 0.166. The van der Waals surface area contributed by atoms with Gasteiger partial charge >= 0.3 is 21.1 Å². The van der Waals surface area contributed by atoms with Gasteiger partial charge < -0.3 is 9.55 Å². The molecule has 0 radical (unpaired) electrons. The number of benzene rings is 6. The van der Waals surface area contributed by atoms with Crippen molar-refractivity contribution < 1.29 is 21.1 Å². The fourth-order valence-electron chi connectivity index (χ4n) is 7.49. The summed E-state index contributed by atoms with van der Waals surface area (Å²) in [4.78, 5) is 15.5. The van der Waals surface area contributed by atoms with Gasteiger partial charge in [0.05, 0.1) is 16.9 Å². The molecule has 0 atom stereocenters. The second-order valence-electron chi connectivity index (χ2n) is 14.3. The topological polar surface area (TPSA) is 44.8 Å². The monoisotopic (exact) mass is 839 g/mol. The summed E-state index contributed by atoms with van der Waals surface area (Å²) in [5.74, 6) is 0.851. The van der Waals surface area contributed by atoms with E-state index in [2.05, 4.69) is 161 Å². The fourth-order valence-corrected chi connectivity index (χ4v) is 7.49. The molecule has 9 aromatic rings. The number of aromatic nitrogens is 4. The van der Waals surface area contributed by atoms with Crippen LogP contribution in [0.15, 0.2) is 128 Å². The van der Waals surface area contributed by atoms with Gasteiger partial charge in [-0.1, -0.05) is 123 Å². The molecule has 0 saturated heterocycles. The third-order valence-corrected chi connectivity index (χ3v) is 10.00. The van der Waals surface area contributed by atoms with Crippen LogP contribution in [0.3, 0.4) is 0 Å². The van der Waals surface area contributed by atoms with Crippen molar-refractivity contribution in [2.75, 3.05) is 0 Å². The van der Waals surface area contributed by atoms with E-state index in [0.717, 1.165) is 77.7 Å². The van der Waals surface area contributed by atoms with Crippen molar-refractivity contribution in [1.82, 2.24) is 19.5 Å². The first-order valence-corrected chi connectivity index (χ1v) is 17.2. The Labute approximate surface area is 312 Å². The van der Waals surface area contributed by atoms with Gasteiger partial charge in [0.25, 0.3) is 0 Å². The van der Waals surface area contributed by atoms with Crippen molar-refractivity contribution in [1.29, 1.82) is 0 Å². The van der Waals surface area contributed by atoms with Crippen molar-refractivity contribution >= 4 is 43.7 Å². The van der Waals surface area contributed by atoms with E-state index < -0.39 is 0 Å². The van der Waals surface area contributed by atoms with Crippen molar-refractivity contribution in [3.8, 4) is 39.3 Å². The molecule has 51 heavy (non-hydrogen) atoms. The summed E-state index contributed by atoms with van der Waals surface area (Å²) in [6.45, 7) is 11.1. The summed E-state index contributed by atoms with van der Waals surface area (Å²) in [7, 11) is 0. The molecule has 3 heterocycles. The molecule has 0 unspecified atom stereocenters. The number of hydrogen-bond donors (Lipinski definition) is 0. The number of fused-ring (bicyclic) bond motifs is 5. The van der Waals surface area contributed by atoms with Gasteiger partial charge in [0.15, 0.2) is 0 Å². The van der Waals surface area contributed by atoms with Crippen LogP contribution in [0.25, 0.3) is 83.1 Å². The number of aryl methyl sites for hydroxylation is 2. The van der Waals surface area contributed by atoms with Gasteiger partial charge in [0, 0.05) is 23.0 Å². The maximum absolute atomic E-state index is 5.52. The molecule has 0 fully saturated rings. The van der Waals surface area contributed by atoms with Crippen LogP contribution in [0.4, 0.5) is 0 Å². The van der Waals surface area contributed by atoms with E-state index in [1.165, 1.54) is 22.1 Å². The Hall–Kier alpha value is -5.31. The van der Waals surface area contributed by atoms with Gasteiger partial charge in [-0.3, -0.25) is 9.97 Å². The van der Waals surface area contributed by atoms with Gasteiger partial charge in [-0.15, -0.1) is 40.9 Å². The zero-order chi connectivity index (χ0) is 34.1. The molecule has 250 valence electrons. The summed E-state index contributed by atoms with van der Waals surface area (Å²) < 4.78 is 2.33. The van der Waals surface area contributed by atoms with Crippen molar-refractivity contribution in [3.05, 3.63) is 150 Å². The summed E-state index contributed by atoms with van der Waals surface area (Å²) in [6.07, 6.45) is 1.87. The molecule has 0 spiro atoms. The first kappa shape index (κ1) is 32.9. The largest absolute Gasteiger partial charge is 2.00 e. The second-order valence-corrected chi connectivity index (χ2v) is 14.3. The SMILES string of the molecule is Cc1cccc(C)c1-n1c(-c2[c-]c(-c3cc(C(C)(C)C)cc4cccnc34)ccc2)nc2c(-c3cccc4c3[n-]c3ccccc34)cccc21.[Pt+2]. The molecular weight excluding hydrogens is 804 g/mol. The molecule has 3 aromatic heterocycles. The van der Waals surface area contributed by atoms with Crippen LogP contribution < -0.4 is 4.98 Å². The van der Waals surface area contributed by atoms with Gasteiger partial charge in [0.1, 0.15) is 0 Å². The Morgan fingerprint density at radius 2 is 1.35 bits per heavy atom. The van der Waals surface area contributed by atoms with E-state index in [1.807, 2.05) is 12.3 Å². The Morgan fingerprint density at radius 1 is 0.647 bits per heavy atom. The van der Waals surface area contributed by atoms with Crippen LogP contribution in [-0.4, -0.2) is 14.5 Å². The van der Waals surface area contributed by atoms with Gasteiger partial charge in [-0.25, -0.2) is 0 Å². The van der Waals surface area contributed by atoms with Gasteiger partial charge in [-0.2, -0.15) is 0 Å². The predicted molar refractivity (Wildman–Crippen MR) is 208 cm³/mol. The van der Waals surface area contributed by atoms with E-state index in [9.17, 15) is 0 Å². The molecule has 0 N–H and O–H groups in total. The molecule has 9 rings (SSSR count). The average molecular weight is 840 g/mol. The third kappa shape index (κ3) is 5.41. The van der Waals surface area contributed by atoms with E-state index >= 15 is 0 Å². The molecule has 0 aliphatic heterocycles. The van der Waals surface area contributed by atoms with Crippen molar-refractivity contribution in [2.45, 2.75) is 40.0 Å². The first-order chi connectivity index (χ1) is 24.3. The maximum atomic E-state index is 5.52. The second kappa shape index (κ2) is 12.5. The number of rotatable bonds is 4. The molecule has 0 saturated carbocycles. The first-order valence-electron chi connectivity index (χ1n) is 17.2. The van der Waals surface area contributed by atoms with E-state index in [1.54, 1.807) is 0 Å². The zero-order valence-corrected chi connectivity index (χ0v) is 31.5. The minimum absolute atomic E-state index is 0. The maximum Gasteiger partial charge on any atom is 2.00 e. The molecular formula is C46H36N4Pt. The molecule has 4 nitrogen and oxygen atoms in total. The number of pyridine rings is 1. The van der Waals surface area contributed by atoms with E-state index in [4.69, 9.17) is 15.0 Å². The Bertz CT molecular complexity index is 2760. The van der Waals surface area contributed by atoms with Crippen LogP contribution >= 0.6 is 0 Å². The molecule has 5 heteroatoms. The number of para-hydroxylation sites is 4. The Morgan fingerprint density at radius 3 is 2.18 bits per heavy atom. The molecule has 0 aliphatic carbocycles. The smallest absolute Gasteiger partial charge is 0.656 e. The number of hydrogen-bond acceptors (Lipinski definition) is 2. The molecule has 0 amide bonds. The molecule has 0 aliphatic rings. The van der Waals surface area contributed by atoms with E-state index in [-0.39, 0.29) is 26.5 Å². The van der Waals surface area contributed by atoms with Crippen LogP contribution in [0, 0.1) is 19.9 Å². The van der Waals surface area contributed by atoms with Crippen LogP contribution in [-0.2, 0) is 26.5 Å². The van der Waals surface area contributed by atoms with Crippen LogP contribution in [0.2, 0.25) is 0 Å². The normalized spacial score (nSPS) is 11.9. The van der Waals surface area contributed by atoms with Gasteiger partial charge in [0.2, 0.25) is 0 Å². The standard InChI is InChI=1S/C46H36N4.Pt/c1-28-13-8-14-29(2)44(28)50-40-23-11-21-37(36-20-10-19-35-34-18-6-7-22-39(34)48-42(35)36)43(40)49-45(50)32-16-9-15-30(25-32)38-27-33(46(3,4)5)26-31-17-12-24-47-41(31)38;/h6-24,26-27H,1-5H3;/q-2;+2. The van der Waals surface area contributed by atoms with Crippen LogP contribution in [0.5, 0.6) is 0 Å².